The highest BCUT2D eigenvalue weighted by Gasteiger charge is 2.45. The molecule has 0 bridgehead atoms. The molecular weight excluding hydrogens is 196 g/mol. The fraction of sp³-hybridized carbons (Fsp3) is 0.571. The molecule has 1 heterocycles. The lowest BCUT2D eigenvalue weighted by atomic mass is 9.71. The Balaban J connectivity index is 2.01. The topological polar surface area (TPSA) is 29.3 Å². The molecule has 2 nitrogen and oxygen atoms in total. The van der Waals surface area contributed by atoms with Crippen LogP contribution in [0.1, 0.15) is 24.0 Å². The Morgan fingerprint density at radius 2 is 1.94 bits per heavy atom. The lowest BCUT2D eigenvalue weighted by molar-refractivity contribution is 0.172. The van der Waals surface area contributed by atoms with Crippen molar-refractivity contribution in [3.8, 4) is 0 Å². The van der Waals surface area contributed by atoms with E-state index in [2.05, 4.69) is 36.2 Å². The van der Waals surface area contributed by atoms with Crippen LogP contribution in [0.25, 0.3) is 0 Å². The molecule has 1 spiro atoms. The molecule has 2 N–H and O–H groups in total. The Morgan fingerprint density at radius 3 is 2.69 bits per heavy atom. The maximum atomic E-state index is 6.42. The number of likely N-dealkylation sites (tertiary alicyclic amines) is 1. The molecular formula is C14H20N2. The van der Waals surface area contributed by atoms with Gasteiger partial charge in [-0.2, -0.15) is 0 Å². The van der Waals surface area contributed by atoms with Crippen LogP contribution in [0.15, 0.2) is 24.3 Å². The molecule has 3 rings (SSSR count). The molecule has 1 fully saturated rings. The lowest BCUT2D eigenvalue weighted by Crippen LogP contribution is -2.49. The van der Waals surface area contributed by atoms with E-state index in [0.717, 1.165) is 6.42 Å². The van der Waals surface area contributed by atoms with E-state index in [4.69, 9.17) is 5.73 Å². The zero-order valence-electron chi connectivity index (χ0n) is 9.95. The zero-order valence-corrected chi connectivity index (χ0v) is 9.95. The first-order valence-electron chi connectivity index (χ1n) is 6.25. The van der Waals surface area contributed by atoms with Crippen molar-refractivity contribution in [3.05, 3.63) is 35.4 Å². The molecule has 0 unspecified atom stereocenters. The summed E-state index contributed by atoms with van der Waals surface area (Å²) < 4.78 is 0. The van der Waals surface area contributed by atoms with Gasteiger partial charge in [-0.15, -0.1) is 0 Å². The van der Waals surface area contributed by atoms with Crippen molar-refractivity contribution >= 4 is 0 Å². The summed E-state index contributed by atoms with van der Waals surface area (Å²) in [6.45, 7) is 2.37. The van der Waals surface area contributed by atoms with Gasteiger partial charge in [0, 0.05) is 11.5 Å². The molecule has 0 aromatic heterocycles. The molecule has 1 aromatic rings. The van der Waals surface area contributed by atoms with Crippen molar-refractivity contribution in [1.29, 1.82) is 0 Å². The first-order chi connectivity index (χ1) is 7.72. The second-order valence-corrected chi connectivity index (χ2v) is 5.43. The Hall–Kier alpha value is -0.860. The Kier molecular flexibility index (Phi) is 2.30. The van der Waals surface area contributed by atoms with Gasteiger partial charge >= 0.3 is 0 Å². The van der Waals surface area contributed by atoms with Crippen LogP contribution in [0.4, 0.5) is 0 Å². The molecule has 86 valence electrons. The molecule has 2 heteroatoms. The molecule has 1 saturated heterocycles. The third-order valence-electron chi connectivity index (χ3n) is 4.58. The summed E-state index contributed by atoms with van der Waals surface area (Å²) in [5.74, 6) is 0. The summed E-state index contributed by atoms with van der Waals surface area (Å²) in [7, 11) is 2.21. The minimum absolute atomic E-state index is 0.281. The second-order valence-electron chi connectivity index (χ2n) is 5.43. The van der Waals surface area contributed by atoms with Crippen molar-refractivity contribution in [2.45, 2.75) is 30.7 Å². The first-order valence-corrected chi connectivity index (χ1v) is 6.25. The molecule has 0 radical (unpaired) electrons. The number of nitrogens with two attached hydrogens (primary N) is 1. The molecule has 1 atom stereocenters. The minimum atomic E-state index is 0.281. The van der Waals surface area contributed by atoms with Crippen LogP contribution in [0.5, 0.6) is 0 Å². The zero-order chi connectivity index (χ0) is 11.2. The van der Waals surface area contributed by atoms with Crippen molar-refractivity contribution in [2.24, 2.45) is 5.73 Å². The number of hydrogen-bond donors (Lipinski definition) is 1. The fourth-order valence-corrected chi connectivity index (χ4v) is 3.47. The predicted octanol–water partition coefficient (Wildman–Crippen LogP) is 1.53. The highest BCUT2D eigenvalue weighted by atomic mass is 15.1. The normalized spacial score (nSPS) is 28.2. The summed E-state index contributed by atoms with van der Waals surface area (Å²) in [6, 6.07) is 9.19. The van der Waals surface area contributed by atoms with Crippen LogP contribution in [-0.4, -0.2) is 31.1 Å². The quantitative estimate of drug-likeness (QED) is 0.712. The van der Waals surface area contributed by atoms with E-state index in [1.807, 2.05) is 0 Å². The van der Waals surface area contributed by atoms with E-state index in [1.54, 1.807) is 0 Å². The number of benzene rings is 1. The van der Waals surface area contributed by atoms with Crippen molar-refractivity contribution in [2.75, 3.05) is 20.1 Å². The van der Waals surface area contributed by atoms with Gasteiger partial charge in [0.05, 0.1) is 0 Å². The van der Waals surface area contributed by atoms with E-state index in [-0.39, 0.29) is 5.41 Å². The maximum absolute atomic E-state index is 6.42. The first kappa shape index (κ1) is 10.3. The lowest BCUT2D eigenvalue weighted by Gasteiger charge is -2.41. The van der Waals surface area contributed by atoms with E-state index in [0.29, 0.717) is 6.04 Å². The number of fused-ring (bicyclic) bond motifs is 2. The van der Waals surface area contributed by atoms with Crippen molar-refractivity contribution < 1.29 is 0 Å². The molecule has 1 aliphatic carbocycles. The standard InChI is InChI=1S/C14H20N2/c1-16-8-6-14(7-9-16)12-5-3-2-4-11(12)10-13(14)15/h2-5,13H,6-10,15H2,1H3/t13-/m1/s1. The van der Waals surface area contributed by atoms with Crippen LogP contribution >= 0.6 is 0 Å². The summed E-state index contributed by atoms with van der Waals surface area (Å²) in [5.41, 5.74) is 9.73. The van der Waals surface area contributed by atoms with Gasteiger partial charge in [-0.1, -0.05) is 24.3 Å². The van der Waals surface area contributed by atoms with Gasteiger partial charge in [-0.25, -0.2) is 0 Å². The molecule has 0 saturated carbocycles. The predicted molar refractivity (Wildman–Crippen MR) is 66.5 cm³/mol. The van der Waals surface area contributed by atoms with E-state index < -0.39 is 0 Å². The van der Waals surface area contributed by atoms with Crippen molar-refractivity contribution in [1.82, 2.24) is 4.90 Å². The van der Waals surface area contributed by atoms with Gasteiger partial charge in [0.1, 0.15) is 0 Å². The van der Waals surface area contributed by atoms with Crippen molar-refractivity contribution in [3.63, 3.8) is 0 Å². The van der Waals surface area contributed by atoms with Gasteiger partial charge in [0.2, 0.25) is 0 Å². The molecule has 16 heavy (non-hydrogen) atoms. The summed E-state index contributed by atoms with van der Waals surface area (Å²) in [4.78, 5) is 2.42. The third kappa shape index (κ3) is 1.33. The molecule has 1 aliphatic heterocycles. The Morgan fingerprint density at radius 1 is 1.25 bits per heavy atom. The number of nitrogens with zero attached hydrogens (tertiary/aromatic N) is 1. The van der Waals surface area contributed by atoms with Gasteiger partial charge in [0.15, 0.2) is 0 Å². The van der Waals surface area contributed by atoms with Gasteiger partial charge in [0.25, 0.3) is 0 Å². The summed E-state index contributed by atoms with van der Waals surface area (Å²) in [6.07, 6.45) is 3.52. The Labute approximate surface area is 97.4 Å². The van der Waals surface area contributed by atoms with Crippen LogP contribution in [-0.2, 0) is 11.8 Å². The highest BCUT2D eigenvalue weighted by Crippen LogP contribution is 2.45. The maximum Gasteiger partial charge on any atom is 0.0178 e. The van der Waals surface area contributed by atoms with Gasteiger partial charge in [-0.3, -0.25) is 0 Å². The minimum Gasteiger partial charge on any atom is -0.327 e. The van der Waals surface area contributed by atoms with E-state index in [9.17, 15) is 0 Å². The van der Waals surface area contributed by atoms with Crippen LogP contribution in [0.2, 0.25) is 0 Å². The highest BCUT2D eigenvalue weighted by molar-refractivity contribution is 5.42. The SMILES string of the molecule is CN1CCC2(CC1)c1ccccc1C[C@H]2N. The molecule has 0 amide bonds. The Bertz CT molecular complexity index is 391. The monoisotopic (exact) mass is 216 g/mol. The third-order valence-corrected chi connectivity index (χ3v) is 4.58. The van der Waals surface area contributed by atoms with Crippen LogP contribution in [0.3, 0.4) is 0 Å². The second kappa shape index (κ2) is 3.57. The molecule has 2 aliphatic rings. The average molecular weight is 216 g/mol. The number of piperidine rings is 1. The van der Waals surface area contributed by atoms with Crippen LogP contribution in [0, 0.1) is 0 Å². The number of rotatable bonds is 0. The largest absolute Gasteiger partial charge is 0.327 e. The van der Waals surface area contributed by atoms with E-state index in [1.165, 1.54) is 37.1 Å². The van der Waals surface area contributed by atoms with E-state index >= 15 is 0 Å². The van der Waals surface area contributed by atoms with Crippen LogP contribution < -0.4 is 5.73 Å². The van der Waals surface area contributed by atoms with Gasteiger partial charge in [-0.05, 0) is 50.5 Å². The smallest absolute Gasteiger partial charge is 0.0178 e. The fourth-order valence-electron chi connectivity index (χ4n) is 3.47. The number of hydrogen-bond acceptors (Lipinski definition) is 2. The average Bonchev–Trinajstić information content (AvgIpc) is 2.57. The summed E-state index contributed by atoms with van der Waals surface area (Å²) >= 11 is 0. The van der Waals surface area contributed by atoms with Gasteiger partial charge < -0.3 is 10.6 Å². The summed E-state index contributed by atoms with van der Waals surface area (Å²) in [5, 5.41) is 0. The molecule has 1 aromatic carbocycles.